The lowest BCUT2D eigenvalue weighted by molar-refractivity contribution is 0.547. The van der Waals surface area contributed by atoms with Crippen LogP contribution in [0.3, 0.4) is 0 Å². The Morgan fingerprint density at radius 3 is 2.40 bits per heavy atom. The highest BCUT2D eigenvalue weighted by Crippen LogP contribution is 2.23. The van der Waals surface area contributed by atoms with Gasteiger partial charge in [0.05, 0.1) is 0 Å². The fourth-order valence-corrected chi connectivity index (χ4v) is 2.66. The van der Waals surface area contributed by atoms with E-state index in [1.807, 2.05) is 12.1 Å². The Morgan fingerprint density at radius 1 is 1.05 bits per heavy atom. The van der Waals surface area contributed by atoms with Gasteiger partial charge in [-0.25, -0.2) is 0 Å². The Kier molecular flexibility index (Phi) is 5.22. The quantitative estimate of drug-likeness (QED) is 0.829. The van der Waals surface area contributed by atoms with Crippen LogP contribution in [0.1, 0.15) is 35.2 Å². The summed E-state index contributed by atoms with van der Waals surface area (Å²) in [5, 5.41) is 4.39. The predicted octanol–water partition coefficient (Wildman–Crippen LogP) is 4.85. The molecule has 0 bridgehead atoms. The average Bonchev–Trinajstić information content (AvgIpc) is 2.43. The van der Waals surface area contributed by atoms with Crippen LogP contribution in [0.4, 0.5) is 0 Å². The minimum Gasteiger partial charge on any atom is -0.310 e. The highest BCUT2D eigenvalue weighted by molar-refractivity contribution is 6.30. The third kappa shape index (κ3) is 3.84. The van der Waals surface area contributed by atoms with Gasteiger partial charge in [-0.15, -0.1) is 0 Å². The van der Waals surface area contributed by atoms with Crippen molar-refractivity contribution >= 4 is 11.6 Å². The molecule has 106 valence electrons. The number of benzene rings is 2. The van der Waals surface area contributed by atoms with Crippen molar-refractivity contribution < 1.29 is 0 Å². The number of aryl methyl sites for hydroxylation is 2. The van der Waals surface area contributed by atoms with Crippen LogP contribution in [0.15, 0.2) is 42.5 Å². The van der Waals surface area contributed by atoms with Crippen LogP contribution >= 0.6 is 11.6 Å². The van der Waals surface area contributed by atoms with Gasteiger partial charge in [0.2, 0.25) is 0 Å². The first kappa shape index (κ1) is 15.1. The first-order valence-corrected chi connectivity index (χ1v) is 7.53. The zero-order valence-electron chi connectivity index (χ0n) is 12.4. The number of rotatable bonds is 5. The van der Waals surface area contributed by atoms with Crippen LogP contribution in [0.2, 0.25) is 5.02 Å². The molecule has 1 unspecified atom stereocenters. The van der Waals surface area contributed by atoms with Crippen molar-refractivity contribution in [3.8, 4) is 0 Å². The van der Waals surface area contributed by atoms with Crippen molar-refractivity contribution in [2.45, 2.75) is 33.2 Å². The van der Waals surface area contributed by atoms with E-state index >= 15 is 0 Å². The maximum atomic E-state index is 5.96. The minimum absolute atomic E-state index is 0.348. The molecule has 0 aliphatic rings. The van der Waals surface area contributed by atoms with E-state index < -0.39 is 0 Å². The molecule has 0 aromatic heterocycles. The molecule has 1 N–H and O–H groups in total. The van der Waals surface area contributed by atoms with E-state index in [1.165, 1.54) is 22.3 Å². The first-order chi connectivity index (χ1) is 9.60. The van der Waals surface area contributed by atoms with Gasteiger partial charge in [0.25, 0.3) is 0 Å². The Bertz CT molecular complexity index is 560. The lowest BCUT2D eigenvalue weighted by Crippen LogP contribution is -2.23. The van der Waals surface area contributed by atoms with E-state index in [-0.39, 0.29) is 0 Å². The third-order valence-electron chi connectivity index (χ3n) is 3.61. The van der Waals surface area contributed by atoms with Gasteiger partial charge < -0.3 is 5.32 Å². The number of halogens is 1. The summed E-state index contributed by atoms with van der Waals surface area (Å²) in [5.41, 5.74) is 5.35. The Labute approximate surface area is 127 Å². The smallest absolute Gasteiger partial charge is 0.0406 e. The van der Waals surface area contributed by atoms with E-state index in [9.17, 15) is 0 Å². The van der Waals surface area contributed by atoms with Gasteiger partial charge in [-0.2, -0.15) is 0 Å². The van der Waals surface area contributed by atoms with Gasteiger partial charge in [-0.05, 0) is 55.6 Å². The molecule has 0 saturated carbocycles. The first-order valence-electron chi connectivity index (χ1n) is 7.15. The highest BCUT2D eigenvalue weighted by atomic mass is 35.5. The SMILES string of the molecule is CCNC(Cc1ccc(Cl)cc1)c1cc(C)ccc1C. The summed E-state index contributed by atoms with van der Waals surface area (Å²) in [6.07, 6.45) is 0.981. The summed E-state index contributed by atoms with van der Waals surface area (Å²) >= 11 is 5.96. The van der Waals surface area contributed by atoms with Gasteiger partial charge in [0.15, 0.2) is 0 Å². The summed E-state index contributed by atoms with van der Waals surface area (Å²) in [6.45, 7) is 7.45. The molecule has 0 aliphatic carbocycles. The molecule has 2 rings (SSSR count). The van der Waals surface area contributed by atoms with Crippen molar-refractivity contribution in [2.75, 3.05) is 6.54 Å². The van der Waals surface area contributed by atoms with Gasteiger partial charge in [0, 0.05) is 11.1 Å². The van der Waals surface area contributed by atoms with Crippen molar-refractivity contribution in [3.63, 3.8) is 0 Å². The lowest BCUT2D eigenvalue weighted by atomic mass is 9.94. The topological polar surface area (TPSA) is 12.0 Å². The summed E-state index contributed by atoms with van der Waals surface area (Å²) in [4.78, 5) is 0. The fourth-order valence-electron chi connectivity index (χ4n) is 2.53. The molecule has 2 aromatic carbocycles. The molecule has 1 atom stereocenters. The average molecular weight is 288 g/mol. The molecule has 0 amide bonds. The Balaban J connectivity index is 2.26. The molecule has 1 nitrogen and oxygen atoms in total. The second kappa shape index (κ2) is 6.92. The van der Waals surface area contributed by atoms with E-state index in [0.29, 0.717) is 6.04 Å². The maximum Gasteiger partial charge on any atom is 0.0406 e. The molecule has 0 aliphatic heterocycles. The molecule has 2 heteroatoms. The Hall–Kier alpha value is -1.31. The van der Waals surface area contributed by atoms with Crippen LogP contribution in [0.5, 0.6) is 0 Å². The van der Waals surface area contributed by atoms with Crippen LogP contribution in [-0.2, 0) is 6.42 Å². The van der Waals surface area contributed by atoms with Crippen molar-refractivity contribution in [1.29, 1.82) is 0 Å². The van der Waals surface area contributed by atoms with Crippen LogP contribution in [-0.4, -0.2) is 6.54 Å². The summed E-state index contributed by atoms with van der Waals surface area (Å²) in [6, 6.07) is 15.2. The molecule has 0 spiro atoms. The number of hydrogen-bond acceptors (Lipinski definition) is 1. The standard InChI is InChI=1S/C18H22ClN/c1-4-20-18(12-15-7-9-16(19)10-8-15)17-11-13(2)5-6-14(17)3/h5-11,18,20H,4,12H2,1-3H3. The molecule has 0 radical (unpaired) electrons. The molecule has 2 aromatic rings. The van der Waals surface area contributed by atoms with E-state index in [1.54, 1.807) is 0 Å². The van der Waals surface area contributed by atoms with Crippen LogP contribution in [0.25, 0.3) is 0 Å². The third-order valence-corrected chi connectivity index (χ3v) is 3.87. The van der Waals surface area contributed by atoms with Crippen LogP contribution in [0, 0.1) is 13.8 Å². The van der Waals surface area contributed by atoms with Gasteiger partial charge in [0.1, 0.15) is 0 Å². The normalized spacial score (nSPS) is 12.4. The zero-order valence-corrected chi connectivity index (χ0v) is 13.2. The maximum absolute atomic E-state index is 5.96. The van der Waals surface area contributed by atoms with Gasteiger partial charge in [-0.1, -0.05) is 54.4 Å². The molecule has 20 heavy (non-hydrogen) atoms. The second-order valence-corrected chi connectivity index (χ2v) is 5.74. The van der Waals surface area contributed by atoms with Gasteiger partial charge >= 0.3 is 0 Å². The van der Waals surface area contributed by atoms with Crippen LogP contribution < -0.4 is 5.32 Å². The highest BCUT2D eigenvalue weighted by Gasteiger charge is 2.13. The van der Waals surface area contributed by atoms with Crippen molar-refractivity contribution in [2.24, 2.45) is 0 Å². The second-order valence-electron chi connectivity index (χ2n) is 5.30. The molecule has 0 saturated heterocycles. The minimum atomic E-state index is 0.348. The largest absolute Gasteiger partial charge is 0.310 e. The lowest BCUT2D eigenvalue weighted by Gasteiger charge is -2.21. The molecular weight excluding hydrogens is 266 g/mol. The number of hydrogen-bond donors (Lipinski definition) is 1. The Morgan fingerprint density at radius 2 is 1.75 bits per heavy atom. The summed E-state index contributed by atoms with van der Waals surface area (Å²) in [7, 11) is 0. The van der Waals surface area contributed by atoms with E-state index in [4.69, 9.17) is 11.6 Å². The molecule has 0 heterocycles. The van der Waals surface area contributed by atoms with Crippen molar-refractivity contribution in [1.82, 2.24) is 5.32 Å². The fraction of sp³-hybridized carbons (Fsp3) is 0.333. The summed E-state index contributed by atoms with van der Waals surface area (Å²) < 4.78 is 0. The monoisotopic (exact) mass is 287 g/mol. The molecular formula is C18H22ClN. The number of nitrogens with one attached hydrogen (secondary N) is 1. The molecule has 0 fully saturated rings. The van der Waals surface area contributed by atoms with E-state index in [0.717, 1.165) is 18.0 Å². The van der Waals surface area contributed by atoms with E-state index in [2.05, 4.69) is 56.4 Å². The van der Waals surface area contributed by atoms with Gasteiger partial charge in [-0.3, -0.25) is 0 Å². The summed E-state index contributed by atoms with van der Waals surface area (Å²) in [5.74, 6) is 0. The zero-order chi connectivity index (χ0) is 14.5. The number of likely N-dealkylation sites (N-methyl/N-ethyl adjacent to an activating group) is 1. The predicted molar refractivity (Wildman–Crippen MR) is 87.5 cm³/mol. The van der Waals surface area contributed by atoms with Crippen molar-refractivity contribution in [3.05, 3.63) is 69.7 Å².